The van der Waals surface area contributed by atoms with Crippen LogP contribution in [0.3, 0.4) is 0 Å². The topological polar surface area (TPSA) is 109 Å². The van der Waals surface area contributed by atoms with Crippen molar-refractivity contribution in [2.75, 3.05) is 38.1 Å². The summed E-state index contributed by atoms with van der Waals surface area (Å²) in [6.07, 6.45) is 3.27. The molecule has 2 fully saturated rings. The maximum Gasteiger partial charge on any atom is 0.320 e. The highest BCUT2D eigenvalue weighted by molar-refractivity contribution is 5.90. The van der Waals surface area contributed by atoms with Gasteiger partial charge < -0.3 is 20.4 Å². The molecule has 1 atom stereocenters. The van der Waals surface area contributed by atoms with Crippen molar-refractivity contribution in [2.45, 2.75) is 18.9 Å². The van der Waals surface area contributed by atoms with Crippen LogP contribution in [0.5, 0.6) is 0 Å². The number of carbonyl (C=O) groups excluding carboxylic acids is 2. The van der Waals surface area contributed by atoms with E-state index in [-0.39, 0.29) is 17.8 Å². The Labute approximate surface area is 128 Å². The maximum absolute atomic E-state index is 12.1. The first-order valence-electron chi connectivity index (χ1n) is 7.32. The molecule has 0 radical (unpaired) electrons. The largest absolute Gasteiger partial charge is 0.364 e. The van der Waals surface area contributed by atoms with Crippen LogP contribution in [-0.4, -0.2) is 76.2 Å². The fourth-order valence-corrected chi connectivity index (χ4v) is 2.92. The summed E-state index contributed by atoms with van der Waals surface area (Å²) < 4.78 is 0. The number of nitrogens with zero attached hydrogens (tertiary/aromatic N) is 6. The number of hydrogen-bond acceptors (Lipinski definition) is 6. The lowest BCUT2D eigenvalue weighted by atomic mass is 10.0. The van der Waals surface area contributed by atoms with Gasteiger partial charge in [-0.05, 0) is 12.8 Å². The molecule has 2 aliphatic rings. The Hall–Kier alpha value is -2.45. The molecule has 1 aromatic heterocycles. The van der Waals surface area contributed by atoms with Crippen LogP contribution in [0.2, 0.25) is 0 Å². The monoisotopic (exact) mass is 305 g/mol. The number of aromatic nitrogens is 3. The summed E-state index contributed by atoms with van der Waals surface area (Å²) in [5, 5.41) is 7.75. The number of hydrogen-bond donors (Lipinski definition) is 1. The van der Waals surface area contributed by atoms with Gasteiger partial charge in [0.15, 0.2) is 5.69 Å². The minimum absolute atomic E-state index is 0.0497. The van der Waals surface area contributed by atoms with Gasteiger partial charge in [0.05, 0.1) is 12.2 Å². The molecule has 2 aliphatic heterocycles. The highest BCUT2D eigenvalue weighted by Gasteiger charge is 2.34. The molecule has 0 spiro atoms. The fraction of sp³-hybridized carbons (Fsp3) is 0.615. The van der Waals surface area contributed by atoms with Crippen molar-refractivity contribution in [3.05, 3.63) is 11.9 Å². The summed E-state index contributed by atoms with van der Waals surface area (Å²) in [5.41, 5.74) is 5.18. The Morgan fingerprint density at radius 2 is 2.14 bits per heavy atom. The van der Waals surface area contributed by atoms with E-state index in [4.69, 9.17) is 5.73 Å². The summed E-state index contributed by atoms with van der Waals surface area (Å²) in [4.78, 5) is 32.9. The number of anilines is 1. The summed E-state index contributed by atoms with van der Waals surface area (Å²) in [7, 11) is 1.82. The lowest BCUT2D eigenvalue weighted by Crippen LogP contribution is -2.49. The van der Waals surface area contributed by atoms with E-state index in [1.807, 2.05) is 16.8 Å². The van der Waals surface area contributed by atoms with Gasteiger partial charge in [-0.25, -0.2) is 9.78 Å². The molecule has 22 heavy (non-hydrogen) atoms. The van der Waals surface area contributed by atoms with Gasteiger partial charge in [0.2, 0.25) is 5.95 Å². The van der Waals surface area contributed by atoms with Crippen LogP contribution in [0.1, 0.15) is 23.3 Å². The van der Waals surface area contributed by atoms with Gasteiger partial charge in [-0.2, -0.15) is 0 Å². The first-order valence-corrected chi connectivity index (χ1v) is 7.32. The zero-order valence-electron chi connectivity index (χ0n) is 12.5. The predicted octanol–water partition coefficient (Wildman–Crippen LogP) is -0.693. The molecule has 1 aromatic rings. The normalized spacial score (nSPS) is 22.3. The lowest BCUT2D eigenvalue weighted by molar-refractivity contribution is 0.0994. The molecule has 0 unspecified atom stereocenters. The third-order valence-corrected chi connectivity index (χ3v) is 4.17. The van der Waals surface area contributed by atoms with Gasteiger partial charge in [0.25, 0.3) is 5.91 Å². The van der Waals surface area contributed by atoms with Crippen LogP contribution in [0.15, 0.2) is 6.20 Å². The van der Waals surface area contributed by atoms with Crippen molar-refractivity contribution < 1.29 is 9.59 Å². The second kappa shape index (κ2) is 5.74. The van der Waals surface area contributed by atoms with Crippen molar-refractivity contribution in [1.29, 1.82) is 0 Å². The number of carbonyl (C=O) groups is 2. The molecule has 0 bridgehead atoms. The molecule has 2 N–H and O–H groups in total. The van der Waals surface area contributed by atoms with E-state index in [0.717, 1.165) is 32.5 Å². The van der Waals surface area contributed by atoms with Crippen molar-refractivity contribution in [3.63, 3.8) is 0 Å². The van der Waals surface area contributed by atoms with Crippen molar-refractivity contribution in [2.24, 2.45) is 5.73 Å². The summed E-state index contributed by atoms with van der Waals surface area (Å²) in [6, 6.07) is 0.237. The molecular weight excluding hydrogens is 286 g/mol. The lowest BCUT2D eigenvalue weighted by Gasteiger charge is -2.37. The van der Waals surface area contributed by atoms with Gasteiger partial charge in [-0.15, -0.1) is 10.2 Å². The van der Waals surface area contributed by atoms with Crippen LogP contribution < -0.4 is 10.6 Å². The Morgan fingerprint density at radius 3 is 2.73 bits per heavy atom. The van der Waals surface area contributed by atoms with E-state index in [0.29, 0.717) is 12.5 Å². The van der Waals surface area contributed by atoms with E-state index in [1.54, 1.807) is 4.90 Å². The van der Waals surface area contributed by atoms with Gasteiger partial charge >= 0.3 is 6.03 Å². The summed E-state index contributed by atoms with van der Waals surface area (Å²) in [5.74, 6) is -0.177. The average Bonchev–Trinajstić information content (AvgIpc) is 2.87. The van der Waals surface area contributed by atoms with Gasteiger partial charge in [-0.1, -0.05) is 0 Å². The van der Waals surface area contributed by atoms with Crippen LogP contribution >= 0.6 is 0 Å². The van der Waals surface area contributed by atoms with Crippen LogP contribution in [0.4, 0.5) is 10.7 Å². The molecule has 0 saturated carbocycles. The first kappa shape index (κ1) is 14.5. The van der Waals surface area contributed by atoms with Crippen LogP contribution in [0, 0.1) is 0 Å². The number of amides is 3. The standard InChI is InChI=1S/C13H19N7O2/c1-18-5-6-20(13(18)22)9-3-2-4-19(8-9)12-15-7-10(11(14)21)16-17-12/h7,9H,2-6,8H2,1H3,(H2,14,21)/t9-/m1/s1. The minimum Gasteiger partial charge on any atom is -0.364 e. The molecule has 0 aromatic carbocycles. The molecule has 9 heteroatoms. The third-order valence-electron chi connectivity index (χ3n) is 4.17. The Kier molecular flexibility index (Phi) is 3.78. The van der Waals surface area contributed by atoms with Gasteiger partial charge in [0.1, 0.15) is 0 Å². The van der Waals surface area contributed by atoms with E-state index >= 15 is 0 Å². The number of piperidine rings is 1. The van der Waals surface area contributed by atoms with Gasteiger partial charge in [-0.3, -0.25) is 4.79 Å². The number of rotatable bonds is 3. The minimum atomic E-state index is -0.645. The zero-order chi connectivity index (χ0) is 15.7. The van der Waals surface area contributed by atoms with Crippen LogP contribution in [-0.2, 0) is 0 Å². The molecule has 3 amide bonds. The number of nitrogens with two attached hydrogens (primary N) is 1. The molecule has 9 nitrogen and oxygen atoms in total. The SMILES string of the molecule is CN1CCN([C@@H]2CCCN(c3ncc(C(N)=O)nn3)C2)C1=O. The number of urea groups is 1. The summed E-state index contributed by atoms with van der Waals surface area (Å²) >= 11 is 0. The van der Waals surface area contributed by atoms with E-state index < -0.39 is 5.91 Å². The Morgan fingerprint density at radius 1 is 1.32 bits per heavy atom. The zero-order valence-corrected chi connectivity index (χ0v) is 12.5. The van der Waals surface area contributed by atoms with Crippen molar-refractivity contribution >= 4 is 17.9 Å². The van der Waals surface area contributed by atoms with Gasteiger partial charge in [0, 0.05) is 33.2 Å². The maximum atomic E-state index is 12.1. The first-order chi connectivity index (χ1) is 10.6. The highest BCUT2D eigenvalue weighted by atomic mass is 16.2. The van der Waals surface area contributed by atoms with E-state index in [2.05, 4.69) is 15.2 Å². The second-order valence-corrected chi connectivity index (χ2v) is 5.65. The number of likely N-dealkylation sites (N-methyl/N-ethyl adjacent to an activating group) is 1. The molecule has 3 rings (SSSR count). The number of primary amides is 1. The fourth-order valence-electron chi connectivity index (χ4n) is 2.92. The molecule has 2 saturated heterocycles. The molecule has 118 valence electrons. The van der Waals surface area contributed by atoms with Crippen LogP contribution in [0.25, 0.3) is 0 Å². The summed E-state index contributed by atoms with van der Waals surface area (Å²) in [6.45, 7) is 3.01. The third kappa shape index (κ3) is 2.66. The molecule has 3 heterocycles. The quantitative estimate of drug-likeness (QED) is 0.791. The van der Waals surface area contributed by atoms with Crippen molar-refractivity contribution in [3.8, 4) is 0 Å². The predicted molar refractivity (Wildman–Crippen MR) is 78.3 cm³/mol. The van der Waals surface area contributed by atoms with E-state index in [9.17, 15) is 9.59 Å². The Bertz CT molecular complexity index is 576. The molecule has 0 aliphatic carbocycles. The Balaban J connectivity index is 1.70. The second-order valence-electron chi connectivity index (χ2n) is 5.65. The average molecular weight is 305 g/mol. The smallest absolute Gasteiger partial charge is 0.320 e. The van der Waals surface area contributed by atoms with E-state index in [1.165, 1.54) is 6.20 Å². The molecular formula is C13H19N7O2. The van der Waals surface area contributed by atoms with Crippen molar-refractivity contribution in [1.82, 2.24) is 25.0 Å². The highest BCUT2D eigenvalue weighted by Crippen LogP contribution is 2.22.